The van der Waals surface area contributed by atoms with Crippen LogP contribution in [-0.2, 0) is 4.79 Å². The highest BCUT2D eigenvalue weighted by Gasteiger charge is 2.29. The van der Waals surface area contributed by atoms with Crippen molar-refractivity contribution in [2.45, 2.75) is 0 Å². The molecule has 0 unspecified atom stereocenters. The van der Waals surface area contributed by atoms with Crippen LogP contribution in [-0.4, -0.2) is 36.4 Å². The lowest BCUT2D eigenvalue weighted by Gasteiger charge is -2.10. The van der Waals surface area contributed by atoms with Gasteiger partial charge in [0.2, 0.25) is 0 Å². The first kappa shape index (κ1) is 14.8. The van der Waals surface area contributed by atoms with Crippen molar-refractivity contribution in [3.8, 4) is 11.5 Å². The quantitative estimate of drug-likeness (QED) is 0.634. The first-order chi connectivity index (χ1) is 9.49. The Balaban J connectivity index is 2.45. The third-order valence-electron chi connectivity index (χ3n) is 2.79. The average molecular weight is 313 g/mol. The molecule has 106 valence electrons. The molecule has 4 nitrogen and oxygen atoms in total. The zero-order valence-corrected chi connectivity index (χ0v) is 12.7. The van der Waals surface area contributed by atoms with Gasteiger partial charge in [-0.2, -0.15) is 0 Å². The van der Waals surface area contributed by atoms with Gasteiger partial charge in [-0.15, -0.1) is 0 Å². The van der Waals surface area contributed by atoms with Gasteiger partial charge in [0, 0.05) is 12.6 Å². The number of hydrogen-bond acceptors (Lipinski definition) is 5. The molecular weight excluding hydrogens is 301 g/mol. The molecule has 1 fully saturated rings. The molecule has 0 N–H and O–H groups in total. The van der Waals surface area contributed by atoms with Crippen LogP contribution in [0.15, 0.2) is 17.0 Å². The fourth-order valence-electron chi connectivity index (χ4n) is 1.70. The maximum Gasteiger partial charge on any atom is 0.265 e. The highest BCUT2D eigenvalue weighted by Crippen LogP contribution is 2.36. The van der Waals surface area contributed by atoms with Crippen LogP contribution in [0.2, 0.25) is 0 Å². The Hall–Kier alpha value is -1.60. The Morgan fingerprint density at radius 3 is 2.55 bits per heavy atom. The smallest absolute Gasteiger partial charge is 0.265 e. The molecule has 2 rings (SSSR count). The lowest BCUT2D eigenvalue weighted by molar-refractivity contribution is -0.121. The van der Waals surface area contributed by atoms with E-state index in [0.717, 1.165) is 11.8 Å². The maximum atomic E-state index is 14.3. The summed E-state index contributed by atoms with van der Waals surface area (Å²) in [7, 11) is 4.37. The van der Waals surface area contributed by atoms with Gasteiger partial charge in [-0.3, -0.25) is 9.69 Å². The largest absolute Gasteiger partial charge is 0.493 e. The minimum atomic E-state index is -0.576. The molecule has 0 bridgehead atoms. The third kappa shape index (κ3) is 2.51. The normalized spacial score (nSPS) is 17.0. The first-order valence-corrected chi connectivity index (χ1v) is 6.84. The number of amides is 1. The summed E-state index contributed by atoms with van der Waals surface area (Å²) < 4.78 is 24.7. The van der Waals surface area contributed by atoms with Crippen molar-refractivity contribution in [2.24, 2.45) is 0 Å². The summed E-state index contributed by atoms with van der Waals surface area (Å²) in [6.07, 6.45) is 1.46. The molecule has 1 aliphatic rings. The molecule has 0 atom stereocenters. The van der Waals surface area contributed by atoms with E-state index in [0.29, 0.717) is 15.0 Å². The summed E-state index contributed by atoms with van der Waals surface area (Å²) in [6.45, 7) is 0. The van der Waals surface area contributed by atoms with Gasteiger partial charge in [-0.1, -0.05) is 24.0 Å². The summed E-state index contributed by atoms with van der Waals surface area (Å²) in [5.74, 6) is -0.513. The lowest BCUT2D eigenvalue weighted by Crippen LogP contribution is -2.22. The van der Waals surface area contributed by atoms with E-state index < -0.39 is 5.82 Å². The van der Waals surface area contributed by atoms with Crippen molar-refractivity contribution in [2.75, 3.05) is 21.3 Å². The number of carbonyl (C=O) groups is 1. The van der Waals surface area contributed by atoms with Crippen molar-refractivity contribution < 1.29 is 18.7 Å². The molecule has 1 aromatic carbocycles. The molecule has 0 radical (unpaired) electrons. The van der Waals surface area contributed by atoms with Gasteiger partial charge >= 0.3 is 0 Å². The topological polar surface area (TPSA) is 38.8 Å². The molecule has 0 aliphatic carbocycles. The van der Waals surface area contributed by atoms with Gasteiger partial charge in [0.1, 0.15) is 4.32 Å². The second-order valence-corrected chi connectivity index (χ2v) is 5.62. The summed E-state index contributed by atoms with van der Waals surface area (Å²) >= 11 is 6.16. The van der Waals surface area contributed by atoms with E-state index in [-0.39, 0.29) is 17.2 Å². The lowest BCUT2D eigenvalue weighted by atomic mass is 10.1. The van der Waals surface area contributed by atoms with Crippen LogP contribution in [0.4, 0.5) is 4.39 Å². The number of thiocarbonyl (C=S) groups is 1. The van der Waals surface area contributed by atoms with Gasteiger partial charge in [0.25, 0.3) is 5.91 Å². The summed E-state index contributed by atoms with van der Waals surface area (Å²) in [5.41, 5.74) is 0.247. The SMILES string of the molecule is COc1ccc(/C=C2\SC(=S)N(C)C2=O)c(F)c1OC. The Kier molecular flexibility index (Phi) is 4.29. The molecule has 0 saturated carbocycles. The number of methoxy groups -OCH3 is 2. The molecule has 1 saturated heterocycles. The summed E-state index contributed by atoms with van der Waals surface area (Å²) in [6, 6.07) is 3.11. The van der Waals surface area contributed by atoms with E-state index in [1.807, 2.05) is 0 Å². The van der Waals surface area contributed by atoms with E-state index in [2.05, 4.69) is 0 Å². The fourth-order valence-corrected chi connectivity index (χ4v) is 2.87. The number of benzene rings is 1. The van der Waals surface area contributed by atoms with Gasteiger partial charge in [-0.25, -0.2) is 4.39 Å². The van der Waals surface area contributed by atoms with Gasteiger partial charge in [0.15, 0.2) is 17.3 Å². The van der Waals surface area contributed by atoms with Crippen LogP contribution in [0, 0.1) is 5.82 Å². The predicted molar refractivity (Wildman–Crippen MR) is 80.4 cm³/mol. The molecule has 1 aromatic rings. The zero-order chi connectivity index (χ0) is 14.9. The van der Waals surface area contributed by atoms with E-state index in [9.17, 15) is 9.18 Å². The van der Waals surface area contributed by atoms with Gasteiger partial charge < -0.3 is 9.47 Å². The predicted octanol–water partition coefficient (Wildman–Crippen LogP) is 2.67. The second kappa shape index (κ2) is 5.80. The van der Waals surface area contributed by atoms with Crippen LogP contribution in [0.25, 0.3) is 6.08 Å². The second-order valence-electron chi connectivity index (χ2n) is 3.95. The standard InChI is InChI=1S/C13H12FNO3S2/c1-15-12(16)9(20-13(15)19)6-7-4-5-8(17-2)11(18-3)10(7)14/h4-6H,1-3H3/b9-6-. The van der Waals surface area contributed by atoms with Crippen molar-refractivity contribution in [1.82, 2.24) is 4.90 Å². The Morgan fingerprint density at radius 1 is 1.35 bits per heavy atom. The van der Waals surface area contributed by atoms with Crippen LogP contribution in [0.5, 0.6) is 11.5 Å². The Morgan fingerprint density at radius 2 is 2.05 bits per heavy atom. The first-order valence-electron chi connectivity index (χ1n) is 5.61. The molecule has 20 heavy (non-hydrogen) atoms. The minimum Gasteiger partial charge on any atom is -0.493 e. The van der Waals surface area contributed by atoms with Crippen molar-refractivity contribution >= 4 is 40.3 Å². The number of likely N-dealkylation sites (N-methyl/N-ethyl adjacent to an activating group) is 1. The number of carbonyl (C=O) groups excluding carboxylic acids is 1. The Bertz CT molecular complexity index is 616. The molecular formula is C13H12FNO3S2. The molecule has 0 spiro atoms. The molecule has 0 aromatic heterocycles. The van der Waals surface area contributed by atoms with Crippen LogP contribution >= 0.6 is 24.0 Å². The molecule has 7 heteroatoms. The van der Waals surface area contributed by atoms with Crippen molar-refractivity contribution in [3.05, 3.63) is 28.4 Å². The average Bonchev–Trinajstić information content (AvgIpc) is 2.68. The number of rotatable bonds is 3. The molecule has 1 heterocycles. The van der Waals surface area contributed by atoms with Crippen LogP contribution in [0.1, 0.15) is 5.56 Å². The zero-order valence-electron chi connectivity index (χ0n) is 11.1. The van der Waals surface area contributed by atoms with Crippen LogP contribution in [0.3, 0.4) is 0 Å². The highest BCUT2D eigenvalue weighted by atomic mass is 32.2. The van der Waals surface area contributed by atoms with E-state index in [1.54, 1.807) is 13.1 Å². The minimum absolute atomic E-state index is 0.00762. The third-order valence-corrected chi connectivity index (χ3v) is 4.27. The summed E-state index contributed by atoms with van der Waals surface area (Å²) in [5, 5.41) is 0. The highest BCUT2D eigenvalue weighted by molar-refractivity contribution is 8.26. The number of ether oxygens (including phenoxy) is 2. The van der Waals surface area contributed by atoms with Crippen molar-refractivity contribution in [1.29, 1.82) is 0 Å². The van der Waals surface area contributed by atoms with Gasteiger partial charge in [-0.05, 0) is 18.2 Å². The van der Waals surface area contributed by atoms with E-state index in [4.69, 9.17) is 21.7 Å². The number of hydrogen-bond donors (Lipinski definition) is 0. The van der Waals surface area contributed by atoms with Crippen molar-refractivity contribution in [3.63, 3.8) is 0 Å². The Labute approximate surface area is 125 Å². The van der Waals surface area contributed by atoms with E-state index in [1.165, 1.54) is 31.3 Å². The molecule has 1 aliphatic heterocycles. The van der Waals surface area contributed by atoms with Crippen LogP contribution < -0.4 is 9.47 Å². The van der Waals surface area contributed by atoms with E-state index >= 15 is 0 Å². The van der Waals surface area contributed by atoms with Gasteiger partial charge in [0.05, 0.1) is 19.1 Å². The fraction of sp³-hybridized carbons (Fsp3) is 0.231. The number of thioether (sulfide) groups is 1. The number of halogens is 1. The maximum absolute atomic E-state index is 14.3. The monoisotopic (exact) mass is 313 g/mol. The summed E-state index contributed by atoms with van der Waals surface area (Å²) in [4.78, 5) is 13.6. The number of nitrogens with zero attached hydrogens (tertiary/aromatic N) is 1. The molecule has 1 amide bonds.